The second-order valence-electron chi connectivity index (χ2n) is 7.08. The molecule has 3 atom stereocenters. The molecule has 1 heterocycles. The highest BCUT2D eigenvalue weighted by molar-refractivity contribution is 7.89. The smallest absolute Gasteiger partial charge is 0.243 e. The van der Waals surface area contributed by atoms with E-state index in [4.69, 9.17) is 5.73 Å². The van der Waals surface area contributed by atoms with Crippen molar-refractivity contribution in [2.45, 2.75) is 51.5 Å². The van der Waals surface area contributed by atoms with Gasteiger partial charge in [-0.2, -0.15) is 4.31 Å². The van der Waals surface area contributed by atoms with E-state index in [1.165, 1.54) is 0 Å². The molecule has 0 bridgehead atoms. The maximum atomic E-state index is 13.2. The average molecular weight is 322 g/mol. The summed E-state index contributed by atoms with van der Waals surface area (Å²) in [6.07, 6.45) is 2.09. The van der Waals surface area contributed by atoms with Gasteiger partial charge in [0, 0.05) is 19.1 Å². The van der Waals surface area contributed by atoms with E-state index in [0.717, 1.165) is 35.1 Å². The van der Waals surface area contributed by atoms with Crippen LogP contribution in [0.3, 0.4) is 0 Å². The Morgan fingerprint density at radius 2 is 1.64 bits per heavy atom. The van der Waals surface area contributed by atoms with Gasteiger partial charge in [-0.15, -0.1) is 0 Å². The number of benzene rings is 1. The lowest BCUT2D eigenvalue weighted by Crippen LogP contribution is -2.34. The van der Waals surface area contributed by atoms with Crippen molar-refractivity contribution in [1.82, 2.24) is 4.31 Å². The number of hydrogen-bond acceptors (Lipinski definition) is 3. The topological polar surface area (TPSA) is 63.4 Å². The Morgan fingerprint density at radius 1 is 1.05 bits per heavy atom. The predicted molar refractivity (Wildman–Crippen MR) is 88.3 cm³/mol. The van der Waals surface area contributed by atoms with Gasteiger partial charge >= 0.3 is 0 Å². The number of hydrogen-bond donors (Lipinski definition) is 1. The van der Waals surface area contributed by atoms with E-state index in [1.54, 1.807) is 4.31 Å². The maximum Gasteiger partial charge on any atom is 0.243 e. The predicted octanol–water partition coefficient (Wildman–Crippen LogP) is 2.28. The molecule has 1 aliphatic carbocycles. The summed E-state index contributed by atoms with van der Waals surface area (Å²) in [4.78, 5) is 0.513. The molecule has 122 valence electrons. The van der Waals surface area contributed by atoms with Crippen molar-refractivity contribution in [3.05, 3.63) is 28.3 Å². The van der Waals surface area contributed by atoms with Crippen molar-refractivity contribution < 1.29 is 8.42 Å². The van der Waals surface area contributed by atoms with Crippen LogP contribution in [-0.4, -0.2) is 31.9 Å². The fraction of sp³-hybridized carbons (Fsp3) is 0.647. The lowest BCUT2D eigenvalue weighted by atomic mass is 9.98. The zero-order valence-electron chi connectivity index (χ0n) is 13.9. The summed E-state index contributed by atoms with van der Waals surface area (Å²) < 4.78 is 28.1. The molecule has 3 unspecified atom stereocenters. The molecule has 0 amide bonds. The number of nitrogens with two attached hydrogens (primary N) is 1. The molecule has 5 heteroatoms. The Labute approximate surface area is 133 Å². The van der Waals surface area contributed by atoms with E-state index >= 15 is 0 Å². The van der Waals surface area contributed by atoms with Gasteiger partial charge < -0.3 is 5.73 Å². The number of fused-ring (bicyclic) bond motifs is 1. The van der Waals surface area contributed by atoms with Gasteiger partial charge in [0.25, 0.3) is 0 Å². The van der Waals surface area contributed by atoms with Crippen LogP contribution in [0.25, 0.3) is 0 Å². The number of sulfonamides is 1. The quantitative estimate of drug-likeness (QED) is 0.908. The first-order valence-electron chi connectivity index (χ1n) is 8.06. The summed E-state index contributed by atoms with van der Waals surface area (Å²) in [7, 11) is -3.43. The second-order valence-corrected chi connectivity index (χ2v) is 8.95. The fourth-order valence-electron chi connectivity index (χ4n) is 4.16. The first-order valence-corrected chi connectivity index (χ1v) is 9.50. The van der Waals surface area contributed by atoms with E-state index in [2.05, 4.69) is 6.07 Å². The van der Waals surface area contributed by atoms with Crippen LogP contribution in [0, 0.1) is 39.5 Å². The molecule has 0 spiro atoms. The van der Waals surface area contributed by atoms with Crippen molar-refractivity contribution in [1.29, 1.82) is 0 Å². The van der Waals surface area contributed by atoms with Crippen LogP contribution < -0.4 is 5.73 Å². The molecule has 1 saturated carbocycles. The Morgan fingerprint density at radius 3 is 2.18 bits per heavy atom. The van der Waals surface area contributed by atoms with E-state index in [0.29, 0.717) is 29.8 Å². The second kappa shape index (κ2) is 5.32. The summed E-state index contributed by atoms with van der Waals surface area (Å²) in [6.45, 7) is 9.01. The fourth-order valence-corrected chi connectivity index (χ4v) is 6.27. The van der Waals surface area contributed by atoms with Gasteiger partial charge in [0.05, 0.1) is 4.90 Å². The van der Waals surface area contributed by atoms with E-state index in [1.807, 2.05) is 27.7 Å². The zero-order valence-corrected chi connectivity index (χ0v) is 14.7. The van der Waals surface area contributed by atoms with Crippen LogP contribution in [0.4, 0.5) is 0 Å². The van der Waals surface area contributed by atoms with Crippen LogP contribution in [0.15, 0.2) is 11.0 Å². The Bertz CT molecular complexity index is 686. The molecular formula is C17H26N2O2S. The van der Waals surface area contributed by atoms with Gasteiger partial charge in [-0.1, -0.05) is 6.07 Å². The monoisotopic (exact) mass is 322 g/mol. The van der Waals surface area contributed by atoms with Gasteiger partial charge in [-0.25, -0.2) is 8.42 Å². The van der Waals surface area contributed by atoms with Crippen LogP contribution in [-0.2, 0) is 10.0 Å². The minimum Gasteiger partial charge on any atom is -0.327 e. The van der Waals surface area contributed by atoms with Crippen LogP contribution in [0.5, 0.6) is 0 Å². The summed E-state index contributed by atoms with van der Waals surface area (Å²) in [5.41, 5.74) is 9.99. The Hall–Kier alpha value is -0.910. The molecule has 1 aromatic rings. The zero-order chi connectivity index (χ0) is 16.2. The lowest BCUT2D eigenvalue weighted by Gasteiger charge is -2.23. The maximum absolute atomic E-state index is 13.2. The summed E-state index contributed by atoms with van der Waals surface area (Å²) in [5.74, 6) is 0.776. The molecule has 4 nitrogen and oxygen atoms in total. The van der Waals surface area contributed by atoms with Gasteiger partial charge in [-0.05, 0) is 74.6 Å². The highest BCUT2D eigenvalue weighted by atomic mass is 32.2. The van der Waals surface area contributed by atoms with Crippen molar-refractivity contribution in [3.63, 3.8) is 0 Å². The average Bonchev–Trinajstić information content (AvgIpc) is 3.00. The van der Waals surface area contributed by atoms with E-state index < -0.39 is 10.0 Å². The van der Waals surface area contributed by atoms with Crippen molar-refractivity contribution in [3.8, 4) is 0 Å². The minimum atomic E-state index is -3.43. The van der Waals surface area contributed by atoms with Gasteiger partial charge in [0.1, 0.15) is 0 Å². The largest absolute Gasteiger partial charge is 0.327 e. The third-order valence-corrected chi connectivity index (χ3v) is 7.88. The van der Waals surface area contributed by atoms with Gasteiger partial charge in [0.2, 0.25) is 10.0 Å². The molecule has 0 aromatic heterocycles. The SMILES string of the molecule is Cc1cc(C)c(C)c(S(=O)(=O)N2CC3CCC(N)C3C2)c1C. The molecule has 1 saturated heterocycles. The minimum absolute atomic E-state index is 0.159. The normalized spacial score (nSPS) is 29.0. The molecule has 0 radical (unpaired) electrons. The first kappa shape index (κ1) is 16.0. The van der Waals surface area contributed by atoms with Crippen molar-refractivity contribution in [2.75, 3.05) is 13.1 Å². The molecule has 1 aliphatic heterocycles. The van der Waals surface area contributed by atoms with Gasteiger partial charge in [0.15, 0.2) is 0 Å². The highest BCUT2D eigenvalue weighted by Gasteiger charge is 2.45. The molecule has 22 heavy (non-hydrogen) atoms. The van der Waals surface area contributed by atoms with Crippen LogP contribution in [0.1, 0.15) is 35.1 Å². The third kappa shape index (κ3) is 2.30. The van der Waals surface area contributed by atoms with E-state index in [9.17, 15) is 8.42 Å². The molecule has 2 N–H and O–H groups in total. The number of aryl methyl sites for hydroxylation is 2. The molecular weight excluding hydrogens is 296 g/mol. The van der Waals surface area contributed by atoms with Gasteiger partial charge in [-0.3, -0.25) is 0 Å². The molecule has 2 aliphatic rings. The van der Waals surface area contributed by atoms with Crippen LogP contribution >= 0.6 is 0 Å². The van der Waals surface area contributed by atoms with Crippen molar-refractivity contribution >= 4 is 10.0 Å². The first-order chi connectivity index (χ1) is 10.2. The van der Waals surface area contributed by atoms with Crippen LogP contribution in [0.2, 0.25) is 0 Å². The number of rotatable bonds is 2. The summed E-state index contributed by atoms with van der Waals surface area (Å²) >= 11 is 0. The standard InChI is InChI=1S/C17H26N2O2S/c1-10-7-11(2)13(4)17(12(10)3)22(20,21)19-8-14-5-6-16(18)15(14)9-19/h7,14-16H,5-6,8-9,18H2,1-4H3. The lowest BCUT2D eigenvalue weighted by molar-refractivity contribution is 0.426. The summed E-state index contributed by atoms with van der Waals surface area (Å²) in [5, 5.41) is 0. The number of nitrogens with zero attached hydrogens (tertiary/aromatic N) is 1. The van der Waals surface area contributed by atoms with E-state index in [-0.39, 0.29) is 6.04 Å². The molecule has 1 aromatic carbocycles. The Kier molecular flexibility index (Phi) is 3.86. The van der Waals surface area contributed by atoms with Crippen molar-refractivity contribution in [2.24, 2.45) is 17.6 Å². The highest BCUT2D eigenvalue weighted by Crippen LogP contribution is 2.40. The Balaban J connectivity index is 2.02. The third-order valence-electron chi connectivity index (χ3n) is 5.77. The molecule has 3 rings (SSSR count). The summed E-state index contributed by atoms with van der Waals surface area (Å²) in [6, 6.07) is 2.23. The molecule has 2 fully saturated rings.